The molecule has 26 heteroatoms. The zero-order chi connectivity index (χ0) is 55.3. The molecule has 0 spiro atoms. The van der Waals surface area contributed by atoms with Gasteiger partial charge in [0.05, 0.1) is 19.2 Å². The molecule has 420 valence electrons. The van der Waals surface area contributed by atoms with Crippen molar-refractivity contribution in [2.75, 3.05) is 45.9 Å². The molecular weight excluding hydrogens is 987 g/mol. The predicted molar refractivity (Wildman–Crippen MR) is 279 cm³/mol. The van der Waals surface area contributed by atoms with E-state index in [0.29, 0.717) is 63.6 Å². The maximum absolute atomic E-state index is 14.2. The highest BCUT2D eigenvalue weighted by Crippen LogP contribution is 2.29. The van der Waals surface area contributed by atoms with Crippen LogP contribution in [0.15, 0.2) is 40.3 Å². The average molecular weight is 1070 g/mol. The number of nitrogens with one attached hydrogen (secondary N) is 5. The van der Waals surface area contributed by atoms with Gasteiger partial charge >= 0.3 is 5.97 Å². The number of carboxylic acid groups (broad SMARTS) is 1. The van der Waals surface area contributed by atoms with Crippen molar-refractivity contribution >= 4 is 65.1 Å². The van der Waals surface area contributed by atoms with Gasteiger partial charge in [-0.3, -0.25) is 48.3 Å². The lowest BCUT2D eigenvalue weighted by Crippen LogP contribution is -2.60. The molecule has 3 heterocycles. The van der Waals surface area contributed by atoms with Crippen molar-refractivity contribution in [2.45, 2.75) is 157 Å². The minimum atomic E-state index is -1.56. The summed E-state index contributed by atoms with van der Waals surface area (Å²) in [6, 6.07) is -0.324. The maximum atomic E-state index is 14.2. The van der Waals surface area contributed by atoms with Crippen molar-refractivity contribution in [3.8, 4) is 0 Å². The Morgan fingerprint density at radius 3 is 1.76 bits per heavy atom. The van der Waals surface area contributed by atoms with E-state index in [-0.39, 0.29) is 75.5 Å². The van der Waals surface area contributed by atoms with E-state index in [2.05, 4.69) is 36.6 Å². The number of carboxylic acids is 1. The number of nitrogens with two attached hydrogens (primary N) is 5. The van der Waals surface area contributed by atoms with Crippen LogP contribution in [-0.2, 0) is 49.6 Å². The van der Waals surface area contributed by atoms with Crippen molar-refractivity contribution in [3.05, 3.63) is 35.9 Å². The molecule has 1 aromatic rings. The smallest absolute Gasteiger partial charge is 0.326 e. The Morgan fingerprint density at radius 1 is 0.605 bits per heavy atom. The molecule has 3 saturated heterocycles. The Bertz CT molecular complexity index is 2240. The molecule has 17 N–H and O–H groups in total. The Hall–Kier alpha value is -7.09. The Kier molecular flexibility index (Phi) is 23.5. The molecule has 1 aromatic carbocycles. The number of rotatable bonds is 27. The van der Waals surface area contributed by atoms with E-state index in [1.54, 1.807) is 30.3 Å². The Morgan fingerprint density at radius 2 is 1.16 bits per heavy atom. The first-order valence-corrected chi connectivity index (χ1v) is 26.5. The number of aliphatic carboxylic acids is 1. The van der Waals surface area contributed by atoms with Gasteiger partial charge in [-0.2, -0.15) is 0 Å². The molecule has 1 aliphatic carbocycles. The Balaban J connectivity index is 1.20. The minimum absolute atomic E-state index is 0.0189. The first kappa shape index (κ1) is 59.8. The number of carbonyl (C=O) groups is 9. The SMILES string of the molecule is NC(N)=NCCC[C@H](NC(=O)[C@H](CC1CCCCC1)NC(=O)[C@@H]1CCCN1C(=O)[C@H](CO)NC(=O)[C@H](Cc1ccccc1)NC(=O)CNC(=O)[C@@H]1CCCN1C(=O)[C@@H]1CCCN1C(=O)[C@@H](N)CCCN=C(N)N)C(=O)O. The van der Waals surface area contributed by atoms with E-state index >= 15 is 0 Å². The van der Waals surface area contributed by atoms with Crippen LogP contribution in [0.25, 0.3) is 0 Å². The number of aliphatic hydroxyl groups excluding tert-OH is 1. The van der Waals surface area contributed by atoms with Crippen LogP contribution < -0.4 is 55.3 Å². The molecule has 76 heavy (non-hydrogen) atoms. The summed E-state index contributed by atoms with van der Waals surface area (Å²) in [6.07, 6.45) is 8.16. The zero-order valence-electron chi connectivity index (χ0n) is 43.2. The number of hydrogen-bond acceptors (Lipinski definition) is 13. The second kappa shape index (κ2) is 29.9. The van der Waals surface area contributed by atoms with Gasteiger partial charge in [-0.25, -0.2) is 4.79 Å². The molecule has 8 amide bonds. The highest BCUT2D eigenvalue weighted by molar-refractivity contribution is 5.98. The second-order valence-corrected chi connectivity index (χ2v) is 20.0. The molecular formula is C50H79N15O11. The minimum Gasteiger partial charge on any atom is -0.480 e. The van der Waals surface area contributed by atoms with Crippen LogP contribution in [0.2, 0.25) is 0 Å². The van der Waals surface area contributed by atoms with E-state index < -0.39 is 109 Å². The molecule has 0 unspecified atom stereocenters. The predicted octanol–water partition coefficient (Wildman–Crippen LogP) is -3.26. The molecule has 0 aromatic heterocycles. The van der Waals surface area contributed by atoms with Crippen LogP contribution in [0.1, 0.15) is 108 Å². The van der Waals surface area contributed by atoms with E-state index in [1.807, 2.05) is 0 Å². The number of aliphatic hydroxyl groups is 1. The third-order valence-corrected chi connectivity index (χ3v) is 14.4. The van der Waals surface area contributed by atoms with Crippen LogP contribution in [-0.4, -0.2) is 184 Å². The second-order valence-electron chi connectivity index (χ2n) is 20.0. The van der Waals surface area contributed by atoms with Crippen LogP contribution in [0.4, 0.5) is 0 Å². The molecule has 4 aliphatic rings. The summed E-state index contributed by atoms with van der Waals surface area (Å²) >= 11 is 0. The number of guanidine groups is 2. The van der Waals surface area contributed by atoms with Crippen LogP contribution in [0, 0.1) is 5.92 Å². The maximum Gasteiger partial charge on any atom is 0.326 e. The van der Waals surface area contributed by atoms with Crippen molar-refractivity contribution in [3.63, 3.8) is 0 Å². The number of carbonyl (C=O) groups excluding carboxylic acids is 8. The quantitative estimate of drug-likeness (QED) is 0.0234. The third-order valence-electron chi connectivity index (χ3n) is 14.4. The lowest BCUT2D eigenvalue weighted by atomic mass is 9.84. The summed E-state index contributed by atoms with van der Waals surface area (Å²) in [4.78, 5) is 135. The lowest BCUT2D eigenvalue weighted by molar-refractivity contribution is -0.147. The number of aliphatic imine (C=N–C) groups is 2. The fraction of sp³-hybridized carbons (Fsp3) is 0.660. The van der Waals surface area contributed by atoms with Crippen molar-refractivity contribution < 1.29 is 53.4 Å². The van der Waals surface area contributed by atoms with Crippen LogP contribution in [0.5, 0.6) is 0 Å². The largest absolute Gasteiger partial charge is 0.480 e. The number of nitrogens with zero attached hydrogens (tertiary/aromatic N) is 5. The first-order chi connectivity index (χ1) is 36.4. The van der Waals surface area contributed by atoms with E-state index in [9.17, 15) is 53.4 Å². The summed E-state index contributed by atoms with van der Waals surface area (Å²) in [5.41, 5.74) is 28.4. The lowest BCUT2D eigenvalue weighted by Gasteiger charge is -2.32. The van der Waals surface area contributed by atoms with E-state index in [1.165, 1.54) is 14.7 Å². The number of amides is 8. The molecule has 4 fully saturated rings. The molecule has 26 nitrogen and oxygen atoms in total. The van der Waals surface area contributed by atoms with Crippen molar-refractivity contribution in [1.82, 2.24) is 41.3 Å². The highest BCUT2D eigenvalue weighted by Gasteiger charge is 2.44. The molecule has 0 radical (unpaired) electrons. The normalized spacial score (nSPS) is 20.5. The fourth-order valence-electron chi connectivity index (χ4n) is 10.5. The molecule has 5 rings (SSSR count). The van der Waals surface area contributed by atoms with Crippen LogP contribution >= 0.6 is 0 Å². The molecule has 8 atom stereocenters. The number of hydrogen-bond donors (Lipinski definition) is 12. The topological polar surface area (TPSA) is 419 Å². The van der Waals surface area contributed by atoms with Gasteiger partial charge in [-0.05, 0) is 82.1 Å². The summed E-state index contributed by atoms with van der Waals surface area (Å²) in [6.45, 7) is -0.338. The van der Waals surface area contributed by atoms with Gasteiger partial charge in [0, 0.05) is 39.1 Å². The summed E-state index contributed by atoms with van der Waals surface area (Å²) in [5, 5.41) is 33.6. The van der Waals surface area contributed by atoms with Gasteiger partial charge in [-0.1, -0.05) is 62.4 Å². The summed E-state index contributed by atoms with van der Waals surface area (Å²) < 4.78 is 0. The van der Waals surface area contributed by atoms with Gasteiger partial charge in [0.15, 0.2) is 11.9 Å². The summed E-state index contributed by atoms with van der Waals surface area (Å²) in [5.74, 6) is -6.54. The van der Waals surface area contributed by atoms with Gasteiger partial charge in [-0.15, -0.1) is 0 Å². The average Bonchev–Trinajstić information content (AvgIpc) is 4.22. The number of benzene rings is 1. The van der Waals surface area contributed by atoms with Gasteiger partial charge < -0.3 is 80.2 Å². The number of likely N-dealkylation sites (tertiary alicyclic amines) is 3. The monoisotopic (exact) mass is 1070 g/mol. The van der Waals surface area contributed by atoms with Gasteiger partial charge in [0.1, 0.15) is 42.3 Å². The fourth-order valence-corrected chi connectivity index (χ4v) is 10.5. The van der Waals surface area contributed by atoms with Crippen LogP contribution in [0.3, 0.4) is 0 Å². The highest BCUT2D eigenvalue weighted by atomic mass is 16.4. The first-order valence-electron chi connectivity index (χ1n) is 26.5. The molecule has 3 aliphatic heterocycles. The van der Waals surface area contributed by atoms with Crippen molar-refractivity contribution in [2.24, 2.45) is 44.6 Å². The zero-order valence-corrected chi connectivity index (χ0v) is 43.2. The standard InChI is InChI=1S/C50H79N15O11/c51-32(16-7-21-56-49(52)53)45(72)65-25-11-20-39(65)47(74)64-24-9-18-37(64)43(70)58-28-40(67)59-34(26-30-12-3-1-4-13-30)41(68)62-36(29-66)46(73)63-23-10-19-38(63)44(71)61-35(27-31-14-5-2-6-15-31)42(69)60-33(48(75)76)17-8-22-57-50(54)55/h1,3-4,12-13,31-39,66H,2,5-11,14-29,51H2,(H,58,70)(H,59,67)(H,60,69)(H,61,71)(H,62,68)(H,75,76)(H4,52,53,56)(H4,54,55,57)/t32-,33-,34-,35-,36-,37-,38-,39-/m0/s1. The van der Waals surface area contributed by atoms with Gasteiger partial charge in [0.2, 0.25) is 47.3 Å². The summed E-state index contributed by atoms with van der Waals surface area (Å²) in [7, 11) is 0. The Labute approximate surface area is 442 Å². The van der Waals surface area contributed by atoms with E-state index in [0.717, 1.165) is 32.1 Å². The molecule has 0 bridgehead atoms. The van der Waals surface area contributed by atoms with Crippen molar-refractivity contribution in [1.29, 1.82) is 0 Å². The third kappa shape index (κ3) is 17.8. The molecule has 1 saturated carbocycles. The van der Waals surface area contributed by atoms with Gasteiger partial charge in [0.25, 0.3) is 0 Å². The van der Waals surface area contributed by atoms with E-state index in [4.69, 9.17) is 28.7 Å².